The third kappa shape index (κ3) is 4.71. The summed E-state index contributed by atoms with van der Waals surface area (Å²) >= 11 is 14.7. The standard InChI is InChI=1S/C22H15BrClN3O3S/c1-11-2-6-17-19(8-11)30-21(26-17)15-10-13(4-7-18(15)28)25-22(31)27-20(29)14-9-12(23)3-5-16(14)24/h2-10,28H,1H3,(H2,25,27,29,31). The van der Waals surface area contributed by atoms with Crippen molar-refractivity contribution in [3.8, 4) is 17.2 Å². The maximum atomic E-state index is 12.5. The van der Waals surface area contributed by atoms with Gasteiger partial charge in [0.25, 0.3) is 5.91 Å². The summed E-state index contributed by atoms with van der Waals surface area (Å²) in [6, 6.07) is 15.4. The molecule has 0 unspecified atom stereocenters. The number of nitrogens with zero attached hydrogens (tertiary/aromatic N) is 1. The molecular weight excluding hydrogens is 502 g/mol. The number of phenolic OH excluding ortho intramolecular Hbond substituents is 1. The van der Waals surface area contributed by atoms with Crippen LogP contribution >= 0.6 is 39.7 Å². The molecule has 1 heterocycles. The quantitative estimate of drug-likeness (QED) is 0.227. The van der Waals surface area contributed by atoms with E-state index in [0.29, 0.717) is 27.4 Å². The number of aromatic nitrogens is 1. The molecular formula is C22H15BrClN3O3S. The lowest BCUT2D eigenvalue weighted by molar-refractivity contribution is 0.0978. The van der Waals surface area contributed by atoms with Gasteiger partial charge in [-0.15, -0.1) is 0 Å². The summed E-state index contributed by atoms with van der Waals surface area (Å²) < 4.78 is 6.52. The van der Waals surface area contributed by atoms with Crippen molar-refractivity contribution in [3.63, 3.8) is 0 Å². The number of amides is 1. The van der Waals surface area contributed by atoms with Gasteiger partial charge in [0.05, 0.1) is 16.1 Å². The van der Waals surface area contributed by atoms with Gasteiger partial charge in [-0.05, 0) is 73.2 Å². The van der Waals surface area contributed by atoms with Crippen molar-refractivity contribution in [2.75, 3.05) is 5.32 Å². The van der Waals surface area contributed by atoms with E-state index >= 15 is 0 Å². The predicted octanol–water partition coefficient (Wildman–Crippen LogP) is 6.05. The highest BCUT2D eigenvalue weighted by atomic mass is 79.9. The number of benzene rings is 3. The van der Waals surface area contributed by atoms with Gasteiger partial charge in [-0.2, -0.15) is 0 Å². The highest BCUT2D eigenvalue weighted by molar-refractivity contribution is 9.10. The van der Waals surface area contributed by atoms with Gasteiger partial charge in [-0.25, -0.2) is 4.98 Å². The fourth-order valence-corrected chi connectivity index (χ4v) is 3.71. The number of oxazole rings is 1. The fraction of sp³-hybridized carbons (Fsp3) is 0.0455. The molecule has 0 saturated carbocycles. The van der Waals surface area contributed by atoms with Crippen molar-refractivity contribution in [2.24, 2.45) is 0 Å². The molecule has 0 aliphatic rings. The molecule has 1 amide bonds. The van der Waals surface area contributed by atoms with Gasteiger partial charge in [-0.3, -0.25) is 10.1 Å². The number of aromatic hydroxyl groups is 1. The van der Waals surface area contributed by atoms with Crippen LogP contribution in [0.5, 0.6) is 5.75 Å². The summed E-state index contributed by atoms with van der Waals surface area (Å²) in [6.45, 7) is 1.96. The van der Waals surface area contributed by atoms with Crippen LogP contribution in [0.25, 0.3) is 22.6 Å². The number of carbonyl (C=O) groups is 1. The van der Waals surface area contributed by atoms with Gasteiger partial charge in [0.15, 0.2) is 10.7 Å². The number of hydrogen-bond acceptors (Lipinski definition) is 5. The molecule has 1 aromatic heterocycles. The highest BCUT2D eigenvalue weighted by Gasteiger charge is 2.15. The first-order valence-electron chi connectivity index (χ1n) is 9.08. The van der Waals surface area contributed by atoms with Crippen molar-refractivity contribution in [1.82, 2.24) is 10.3 Å². The number of fused-ring (bicyclic) bond motifs is 1. The van der Waals surface area contributed by atoms with Crippen LogP contribution in [0.1, 0.15) is 15.9 Å². The van der Waals surface area contributed by atoms with E-state index in [9.17, 15) is 9.90 Å². The molecule has 0 radical (unpaired) electrons. The largest absolute Gasteiger partial charge is 0.507 e. The molecule has 9 heteroatoms. The lowest BCUT2D eigenvalue weighted by Gasteiger charge is -2.11. The maximum Gasteiger partial charge on any atom is 0.258 e. The number of anilines is 1. The average molecular weight is 517 g/mol. The van der Waals surface area contributed by atoms with Crippen LogP contribution in [0.15, 0.2) is 63.5 Å². The maximum absolute atomic E-state index is 12.5. The summed E-state index contributed by atoms with van der Waals surface area (Å²) in [5, 5.41) is 16.2. The Kier molecular flexibility index (Phi) is 5.95. The van der Waals surface area contributed by atoms with Crippen LogP contribution < -0.4 is 10.6 Å². The van der Waals surface area contributed by atoms with Crippen LogP contribution in [0, 0.1) is 6.92 Å². The molecule has 3 N–H and O–H groups in total. The van der Waals surface area contributed by atoms with E-state index in [1.165, 1.54) is 6.07 Å². The lowest BCUT2D eigenvalue weighted by Crippen LogP contribution is -2.34. The van der Waals surface area contributed by atoms with Gasteiger partial charge < -0.3 is 14.8 Å². The molecule has 6 nitrogen and oxygen atoms in total. The molecule has 0 aliphatic carbocycles. The molecule has 4 rings (SSSR count). The number of thiocarbonyl (C=S) groups is 1. The third-order valence-electron chi connectivity index (χ3n) is 4.43. The number of nitrogens with one attached hydrogen (secondary N) is 2. The first-order valence-corrected chi connectivity index (χ1v) is 10.7. The first kappa shape index (κ1) is 21.3. The third-order valence-corrected chi connectivity index (χ3v) is 5.46. The van der Waals surface area contributed by atoms with Crippen molar-refractivity contribution in [1.29, 1.82) is 0 Å². The minimum atomic E-state index is -0.447. The SMILES string of the molecule is Cc1ccc2nc(-c3cc(NC(=S)NC(=O)c4cc(Br)ccc4Cl)ccc3O)oc2c1. The Bertz CT molecular complexity index is 1340. The van der Waals surface area contributed by atoms with Crippen molar-refractivity contribution in [2.45, 2.75) is 6.92 Å². The van der Waals surface area contributed by atoms with Gasteiger partial charge >= 0.3 is 0 Å². The van der Waals surface area contributed by atoms with Crippen LogP contribution in [0.4, 0.5) is 5.69 Å². The average Bonchev–Trinajstić information content (AvgIpc) is 3.14. The van der Waals surface area contributed by atoms with Crippen molar-refractivity contribution < 1.29 is 14.3 Å². The molecule has 0 spiro atoms. The van der Waals surface area contributed by atoms with Gasteiger partial charge in [-0.1, -0.05) is 33.6 Å². The van der Waals surface area contributed by atoms with Crippen LogP contribution in [-0.2, 0) is 0 Å². The Hall–Kier alpha value is -2.94. The summed E-state index contributed by atoms with van der Waals surface area (Å²) in [7, 11) is 0. The number of phenols is 1. The minimum Gasteiger partial charge on any atom is -0.507 e. The van der Waals surface area contributed by atoms with Crippen molar-refractivity contribution in [3.05, 3.63) is 75.2 Å². The van der Waals surface area contributed by atoms with E-state index in [1.807, 2.05) is 25.1 Å². The number of rotatable bonds is 3. The van der Waals surface area contributed by atoms with Crippen LogP contribution in [-0.4, -0.2) is 21.1 Å². The lowest BCUT2D eigenvalue weighted by atomic mass is 10.1. The van der Waals surface area contributed by atoms with Crippen LogP contribution in [0.2, 0.25) is 5.02 Å². The molecule has 4 aromatic rings. The zero-order chi connectivity index (χ0) is 22.1. The molecule has 0 atom stereocenters. The Balaban J connectivity index is 1.54. The normalized spacial score (nSPS) is 10.8. The number of hydrogen-bond donors (Lipinski definition) is 3. The smallest absolute Gasteiger partial charge is 0.258 e. The zero-order valence-electron chi connectivity index (χ0n) is 16.1. The van der Waals surface area contributed by atoms with Crippen LogP contribution in [0.3, 0.4) is 0 Å². The molecule has 3 aromatic carbocycles. The highest BCUT2D eigenvalue weighted by Crippen LogP contribution is 2.33. The topological polar surface area (TPSA) is 87.4 Å². The second-order valence-electron chi connectivity index (χ2n) is 6.75. The predicted molar refractivity (Wildman–Crippen MR) is 129 cm³/mol. The second kappa shape index (κ2) is 8.66. The summed E-state index contributed by atoms with van der Waals surface area (Å²) in [5.41, 5.74) is 3.57. The van der Waals surface area contributed by atoms with Gasteiger partial charge in [0, 0.05) is 10.2 Å². The molecule has 0 aliphatic heterocycles. The summed E-state index contributed by atoms with van der Waals surface area (Å²) in [6.07, 6.45) is 0. The molecule has 0 saturated heterocycles. The summed E-state index contributed by atoms with van der Waals surface area (Å²) in [5.74, 6) is -0.167. The summed E-state index contributed by atoms with van der Waals surface area (Å²) in [4.78, 5) is 16.9. The minimum absolute atomic E-state index is 0.00435. The number of halogens is 2. The Morgan fingerprint density at radius 2 is 1.97 bits per heavy atom. The Morgan fingerprint density at radius 3 is 2.77 bits per heavy atom. The first-order chi connectivity index (χ1) is 14.8. The Morgan fingerprint density at radius 1 is 1.16 bits per heavy atom. The van der Waals surface area contributed by atoms with E-state index in [2.05, 4.69) is 31.5 Å². The van der Waals surface area contributed by atoms with Gasteiger partial charge in [0.1, 0.15) is 11.3 Å². The van der Waals surface area contributed by atoms with E-state index < -0.39 is 5.91 Å². The van der Waals surface area contributed by atoms with Gasteiger partial charge in [0.2, 0.25) is 5.89 Å². The molecule has 0 fully saturated rings. The number of carbonyl (C=O) groups excluding carboxylic acids is 1. The molecule has 0 bridgehead atoms. The second-order valence-corrected chi connectivity index (χ2v) is 8.49. The zero-order valence-corrected chi connectivity index (χ0v) is 19.2. The fourth-order valence-electron chi connectivity index (χ4n) is 2.94. The van der Waals surface area contributed by atoms with E-state index in [-0.39, 0.29) is 22.3 Å². The monoisotopic (exact) mass is 515 g/mol. The van der Waals surface area contributed by atoms with E-state index in [1.54, 1.807) is 30.3 Å². The number of aryl methyl sites for hydroxylation is 1. The van der Waals surface area contributed by atoms with E-state index in [0.717, 1.165) is 10.0 Å². The molecule has 156 valence electrons. The van der Waals surface area contributed by atoms with Crippen molar-refractivity contribution >= 4 is 67.6 Å². The van der Waals surface area contributed by atoms with E-state index in [4.69, 9.17) is 28.2 Å². The Labute approximate surface area is 196 Å². The molecule has 31 heavy (non-hydrogen) atoms.